The van der Waals surface area contributed by atoms with Gasteiger partial charge in [0.05, 0.1) is 12.2 Å². The Balaban J connectivity index is 1.62. The summed E-state index contributed by atoms with van der Waals surface area (Å²) < 4.78 is 5.50. The van der Waals surface area contributed by atoms with Gasteiger partial charge in [0.15, 0.2) is 6.61 Å². The number of hydrogen-bond donors (Lipinski definition) is 3. The van der Waals surface area contributed by atoms with Crippen LogP contribution in [0.3, 0.4) is 0 Å². The number of aliphatic hydroxyl groups is 2. The SMILES string of the molecule is CCCCCC(O)CC[C@H]1C(O)C[C@@H]2Cc3c(cccc3OCC(=O)O)C[C@@H]21. The summed E-state index contributed by atoms with van der Waals surface area (Å²) in [5, 5.41) is 29.8. The predicted molar refractivity (Wildman–Crippen MR) is 107 cm³/mol. The van der Waals surface area contributed by atoms with Gasteiger partial charge in [-0.05, 0) is 73.5 Å². The van der Waals surface area contributed by atoms with Gasteiger partial charge in [-0.1, -0.05) is 38.3 Å². The first kappa shape index (κ1) is 21.1. The van der Waals surface area contributed by atoms with Gasteiger partial charge < -0.3 is 20.1 Å². The van der Waals surface area contributed by atoms with Crippen LogP contribution in [0.5, 0.6) is 5.75 Å². The van der Waals surface area contributed by atoms with Gasteiger partial charge in [-0.15, -0.1) is 0 Å². The van der Waals surface area contributed by atoms with Crippen molar-refractivity contribution in [2.24, 2.45) is 17.8 Å². The number of carbonyl (C=O) groups is 1. The molecule has 0 radical (unpaired) electrons. The van der Waals surface area contributed by atoms with E-state index in [0.29, 0.717) is 17.6 Å². The molecule has 1 aromatic carbocycles. The lowest BCUT2D eigenvalue weighted by Crippen LogP contribution is -2.28. The maximum atomic E-state index is 10.8. The van der Waals surface area contributed by atoms with E-state index in [4.69, 9.17) is 9.84 Å². The third-order valence-electron chi connectivity index (χ3n) is 6.67. The normalized spacial score (nSPS) is 27.1. The molecule has 1 saturated carbocycles. The van der Waals surface area contributed by atoms with Crippen molar-refractivity contribution >= 4 is 5.97 Å². The maximum absolute atomic E-state index is 10.8. The van der Waals surface area contributed by atoms with Gasteiger partial charge in [0, 0.05) is 0 Å². The third kappa shape index (κ3) is 5.06. The van der Waals surface area contributed by atoms with Crippen molar-refractivity contribution in [2.75, 3.05) is 6.61 Å². The van der Waals surface area contributed by atoms with E-state index in [1.165, 1.54) is 5.56 Å². The Labute approximate surface area is 167 Å². The molecule has 5 nitrogen and oxygen atoms in total. The smallest absolute Gasteiger partial charge is 0.341 e. The minimum absolute atomic E-state index is 0.238. The van der Waals surface area contributed by atoms with Crippen molar-refractivity contribution in [1.82, 2.24) is 0 Å². The summed E-state index contributed by atoms with van der Waals surface area (Å²) in [6.07, 6.45) is 7.85. The molecule has 0 spiro atoms. The fourth-order valence-electron chi connectivity index (χ4n) is 5.24. The van der Waals surface area contributed by atoms with Crippen LogP contribution in [-0.4, -0.2) is 40.1 Å². The van der Waals surface area contributed by atoms with E-state index in [-0.39, 0.29) is 24.7 Å². The lowest BCUT2D eigenvalue weighted by molar-refractivity contribution is -0.139. The monoisotopic (exact) mass is 390 g/mol. The van der Waals surface area contributed by atoms with E-state index < -0.39 is 5.97 Å². The van der Waals surface area contributed by atoms with Crippen LogP contribution >= 0.6 is 0 Å². The number of carboxylic acids is 1. The molecule has 0 aromatic heterocycles. The summed E-state index contributed by atoms with van der Waals surface area (Å²) in [5.74, 6) is 0.768. The number of carboxylic acid groups (broad SMARTS) is 1. The van der Waals surface area contributed by atoms with Gasteiger partial charge in [0.1, 0.15) is 5.75 Å². The molecule has 1 fully saturated rings. The van der Waals surface area contributed by atoms with Gasteiger partial charge >= 0.3 is 5.97 Å². The summed E-state index contributed by atoms with van der Waals surface area (Å²) in [6, 6.07) is 5.87. The van der Waals surface area contributed by atoms with Crippen molar-refractivity contribution in [3.63, 3.8) is 0 Å². The average Bonchev–Trinajstić information content (AvgIpc) is 2.97. The Morgan fingerprint density at radius 2 is 2.07 bits per heavy atom. The molecule has 2 aliphatic rings. The molecule has 5 atom stereocenters. The molecule has 0 heterocycles. The van der Waals surface area contributed by atoms with Crippen molar-refractivity contribution in [3.05, 3.63) is 29.3 Å². The molecule has 3 rings (SSSR count). The molecule has 3 N–H and O–H groups in total. The zero-order chi connectivity index (χ0) is 20.1. The van der Waals surface area contributed by atoms with Gasteiger partial charge in [-0.3, -0.25) is 0 Å². The van der Waals surface area contributed by atoms with Crippen LogP contribution in [0.15, 0.2) is 18.2 Å². The largest absolute Gasteiger partial charge is 0.482 e. The van der Waals surface area contributed by atoms with Gasteiger partial charge in [0.25, 0.3) is 0 Å². The average molecular weight is 391 g/mol. The summed E-state index contributed by atoms with van der Waals surface area (Å²) >= 11 is 0. The summed E-state index contributed by atoms with van der Waals surface area (Å²) in [5.41, 5.74) is 2.32. The highest BCUT2D eigenvalue weighted by atomic mass is 16.5. The third-order valence-corrected chi connectivity index (χ3v) is 6.67. The lowest BCUT2D eigenvalue weighted by atomic mass is 9.73. The molecule has 0 amide bonds. The predicted octanol–water partition coefficient (Wildman–Crippen LogP) is 3.58. The maximum Gasteiger partial charge on any atom is 0.341 e. The fraction of sp³-hybridized carbons (Fsp3) is 0.696. The van der Waals surface area contributed by atoms with Gasteiger partial charge in [-0.2, -0.15) is 0 Å². The Bertz CT molecular complexity index is 658. The molecule has 28 heavy (non-hydrogen) atoms. The van der Waals surface area contributed by atoms with Crippen LogP contribution in [0.2, 0.25) is 0 Å². The highest BCUT2D eigenvalue weighted by molar-refractivity contribution is 5.68. The minimum atomic E-state index is -0.972. The second-order valence-electron chi connectivity index (χ2n) is 8.60. The highest BCUT2D eigenvalue weighted by Gasteiger charge is 2.44. The first-order valence-electron chi connectivity index (χ1n) is 10.8. The molecule has 0 aliphatic heterocycles. The van der Waals surface area contributed by atoms with E-state index in [1.54, 1.807) is 0 Å². The topological polar surface area (TPSA) is 87.0 Å². The van der Waals surface area contributed by atoms with E-state index in [9.17, 15) is 15.0 Å². The molecule has 2 aliphatic carbocycles. The summed E-state index contributed by atoms with van der Waals surface area (Å²) in [4.78, 5) is 10.8. The second kappa shape index (κ2) is 9.75. The van der Waals surface area contributed by atoms with Crippen LogP contribution < -0.4 is 4.74 Å². The zero-order valence-corrected chi connectivity index (χ0v) is 16.8. The number of benzene rings is 1. The summed E-state index contributed by atoms with van der Waals surface area (Å²) in [7, 11) is 0. The summed E-state index contributed by atoms with van der Waals surface area (Å²) in [6.45, 7) is 1.84. The highest BCUT2D eigenvalue weighted by Crippen LogP contribution is 2.48. The van der Waals surface area contributed by atoms with Crippen molar-refractivity contribution < 1.29 is 24.9 Å². The number of ether oxygens (including phenoxy) is 1. The molecule has 1 aromatic rings. The first-order chi connectivity index (χ1) is 13.5. The lowest BCUT2D eigenvalue weighted by Gasteiger charge is -2.32. The number of fused-ring (bicyclic) bond motifs is 2. The Morgan fingerprint density at radius 1 is 1.25 bits per heavy atom. The fourth-order valence-corrected chi connectivity index (χ4v) is 5.24. The molecule has 0 saturated heterocycles. The first-order valence-corrected chi connectivity index (χ1v) is 10.8. The number of aliphatic carboxylic acids is 1. The van der Waals surface area contributed by atoms with Crippen molar-refractivity contribution in [1.29, 1.82) is 0 Å². The second-order valence-corrected chi connectivity index (χ2v) is 8.60. The van der Waals surface area contributed by atoms with E-state index in [1.807, 2.05) is 12.1 Å². The van der Waals surface area contributed by atoms with Crippen molar-refractivity contribution in [2.45, 2.75) is 76.9 Å². The van der Waals surface area contributed by atoms with Crippen LogP contribution in [0.1, 0.15) is 63.0 Å². The number of rotatable bonds is 10. The van der Waals surface area contributed by atoms with Crippen LogP contribution in [0, 0.1) is 17.8 Å². The molecule has 2 unspecified atom stereocenters. The minimum Gasteiger partial charge on any atom is -0.482 e. The molecule has 156 valence electrons. The quantitative estimate of drug-likeness (QED) is 0.532. The molecular formula is C23H34O5. The van der Waals surface area contributed by atoms with E-state index in [0.717, 1.165) is 63.4 Å². The molecular weight excluding hydrogens is 356 g/mol. The Kier molecular flexibility index (Phi) is 7.36. The van der Waals surface area contributed by atoms with Gasteiger partial charge in [-0.25, -0.2) is 4.79 Å². The van der Waals surface area contributed by atoms with Gasteiger partial charge in [0.2, 0.25) is 0 Å². The van der Waals surface area contributed by atoms with Crippen LogP contribution in [0.4, 0.5) is 0 Å². The standard InChI is InChI=1S/C23H34O5/c1-2-3-4-7-17(24)9-10-18-19-11-15-6-5-8-22(28-14-23(26)27)20(15)12-16(19)13-21(18)25/h5-6,8,16-19,21,24-25H,2-4,7,9-14H2,1H3,(H,26,27)/t16-,17?,18+,19-,21?/m0/s1. The number of aliphatic hydroxyl groups excluding tert-OH is 2. The molecule has 5 heteroatoms. The van der Waals surface area contributed by atoms with Crippen LogP contribution in [0.25, 0.3) is 0 Å². The van der Waals surface area contributed by atoms with Crippen LogP contribution in [-0.2, 0) is 17.6 Å². The van der Waals surface area contributed by atoms with E-state index >= 15 is 0 Å². The molecule has 0 bridgehead atoms. The Morgan fingerprint density at radius 3 is 2.82 bits per heavy atom. The number of unbranched alkanes of at least 4 members (excludes halogenated alkanes) is 2. The van der Waals surface area contributed by atoms with Crippen molar-refractivity contribution in [3.8, 4) is 5.75 Å². The van der Waals surface area contributed by atoms with E-state index in [2.05, 4.69) is 13.0 Å². The zero-order valence-electron chi connectivity index (χ0n) is 16.8. The Hall–Kier alpha value is -1.59. The number of hydrogen-bond acceptors (Lipinski definition) is 4.